The Kier molecular flexibility index (Phi) is 3.19. The highest BCUT2D eigenvalue weighted by atomic mass is 32.1. The van der Waals surface area contributed by atoms with E-state index in [1.807, 2.05) is 6.92 Å². The number of thiol groups is 1. The molecular weight excluding hydrogens is 188 g/mol. The van der Waals surface area contributed by atoms with E-state index in [-0.39, 0.29) is 5.56 Å². The van der Waals surface area contributed by atoms with E-state index in [1.165, 1.54) is 12.1 Å². The Hall–Kier alpha value is -1.16. The molecule has 3 nitrogen and oxygen atoms in total. The molecule has 0 radical (unpaired) electrons. The third-order valence-electron chi connectivity index (χ3n) is 1.51. The first-order valence-corrected chi connectivity index (χ1v) is 4.29. The Balaban J connectivity index is 3.03. The topological polar surface area (TPSA) is 46.5 Å². The summed E-state index contributed by atoms with van der Waals surface area (Å²) in [5.74, 6) is -0.458. The van der Waals surface area contributed by atoms with Crippen LogP contribution in [0, 0.1) is 0 Å². The van der Waals surface area contributed by atoms with Crippen molar-refractivity contribution in [2.45, 2.75) is 11.8 Å². The Morgan fingerprint density at radius 3 is 2.85 bits per heavy atom. The lowest BCUT2D eigenvalue weighted by molar-refractivity contribution is 0.0696. The molecule has 1 aromatic carbocycles. The number of hydrogen-bond acceptors (Lipinski definition) is 3. The predicted molar refractivity (Wildman–Crippen MR) is 51.8 cm³/mol. The molecule has 0 bridgehead atoms. The van der Waals surface area contributed by atoms with E-state index in [2.05, 4.69) is 12.6 Å². The van der Waals surface area contributed by atoms with Crippen molar-refractivity contribution in [1.82, 2.24) is 0 Å². The van der Waals surface area contributed by atoms with Crippen molar-refractivity contribution >= 4 is 18.6 Å². The van der Waals surface area contributed by atoms with Crippen molar-refractivity contribution < 1.29 is 14.6 Å². The molecule has 1 rings (SSSR count). The van der Waals surface area contributed by atoms with Crippen LogP contribution in [-0.4, -0.2) is 17.7 Å². The average molecular weight is 198 g/mol. The SMILES string of the molecule is CCOc1cc(C(=O)O)ccc1S. The molecule has 0 saturated carbocycles. The highest BCUT2D eigenvalue weighted by Gasteiger charge is 2.06. The van der Waals surface area contributed by atoms with Crippen LogP contribution in [0.5, 0.6) is 5.75 Å². The first-order valence-electron chi connectivity index (χ1n) is 3.84. The minimum absolute atomic E-state index is 0.209. The van der Waals surface area contributed by atoms with Gasteiger partial charge in [0.1, 0.15) is 5.75 Å². The lowest BCUT2D eigenvalue weighted by Crippen LogP contribution is -1.98. The zero-order chi connectivity index (χ0) is 9.84. The summed E-state index contributed by atoms with van der Waals surface area (Å²) < 4.78 is 5.19. The number of carbonyl (C=O) groups is 1. The third-order valence-corrected chi connectivity index (χ3v) is 1.88. The lowest BCUT2D eigenvalue weighted by Gasteiger charge is -2.06. The van der Waals surface area contributed by atoms with Crippen LogP contribution in [0.4, 0.5) is 0 Å². The van der Waals surface area contributed by atoms with Crippen LogP contribution in [0.3, 0.4) is 0 Å². The maximum absolute atomic E-state index is 10.6. The van der Waals surface area contributed by atoms with Crippen LogP contribution < -0.4 is 4.74 Å². The second kappa shape index (κ2) is 4.18. The highest BCUT2D eigenvalue weighted by molar-refractivity contribution is 7.80. The molecule has 1 aromatic rings. The maximum atomic E-state index is 10.6. The quantitative estimate of drug-likeness (QED) is 0.731. The number of carboxylic acids is 1. The van der Waals surface area contributed by atoms with Gasteiger partial charge in [0.05, 0.1) is 12.2 Å². The van der Waals surface area contributed by atoms with Gasteiger partial charge < -0.3 is 9.84 Å². The van der Waals surface area contributed by atoms with E-state index >= 15 is 0 Å². The van der Waals surface area contributed by atoms with Gasteiger partial charge in [-0.15, -0.1) is 12.6 Å². The Morgan fingerprint density at radius 1 is 1.62 bits per heavy atom. The van der Waals surface area contributed by atoms with Crippen LogP contribution in [0.15, 0.2) is 23.1 Å². The summed E-state index contributed by atoms with van der Waals surface area (Å²) in [7, 11) is 0. The first kappa shape index (κ1) is 9.92. The molecule has 0 aliphatic carbocycles. The monoisotopic (exact) mass is 198 g/mol. The first-order chi connectivity index (χ1) is 6.15. The third kappa shape index (κ3) is 2.39. The summed E-state index contributed by atoms with van der Waals surface area (Å²) in [5.41, 5.74) is 0.209. The standard InChI is InChI=1S/C9H10O3S/c1-2-12-7-5-6(9(10)11)3-4-8(7)13/h3-5,13H,2H2,1H3,(H,10,11). The van der Waals surface area contributed by atoms with Gasteiger partial charge in [0.2, 0.25) is 0 Å². The number of aromatic carboxylic acids is 1. The average Bonchev–Trinajstić information content (AvgIpc) is 2.08. The molecule has 70 valence electrons. The fourth-order valence-electron chi connectivity index (χ4n) is 0.918. The summed E-state index contributed by atoms with van der Waals surface area (Å²) in [6, 6.07) is 4.57. The van der Waals surface area contributed by atoms with Gasteiger partial charge in [-0.25, -0.2) is 4.79 Å². The van der Waals surface area contributed by atoms with Crippen molar-refractivity contribution in [2.24, 2.45) is 0 Å². The summed E-state index contributed by atoms with van der Waals surface area (Å²) in [6.07, 6.45) is 0. The van der Waals surface area contributed by atoms with E-state index in [0.717, 1.165) is 0 Å². The van der Waals surface area contributed by atoms with Gasteiger partial charge in [0.15, 0.2) is 0 Å². The zero-order valence-corrected chi connectivity index (χ0v) is 8.04. The fourth-order valence-corrected chi connectivity index (χ4v) is 1.12. The van der Waals surface area contributed by atoms with Crippen LogP contribution in [0.1, 0.15) is 17.3 Å². The van der Waals surface area contributed by atoms with Crippen LogP contribution in [-0.2, 0) is 0 Å². The minimum Gasteiger partial charge on any atom is -0.493 e. The largest absolute Gasteiger partial charge is 0.493 e. The van der Waals surface area contributed by atoms with Gasteiger partial charge in [0, 0.05) is 4.90 Å². The Bertz CT molecular complexity index is 323. The van der Waals surface area contributed by atoms with E-state index in [1.54, 1.807) is 6.07 Å². The minimum atomic E-state index is -0.964. The highest BCUT2D eigenvalue weighted by Crippen LogP contribution is 2.23. The molecule has 0 fully saturated rings. The number of hydrogen-bond donors (Lipinski definition) is 2. The molecular formula is C9H10O3S. The van der Waals surface area contributed by atoms with Crippen molar-refractivity contribution in [3.05, 3.63) is 23.8 Å². The second-order valence-corrected chi connectivity index (χ2v) is 2.90. The van der Waals surface area contributed by atoms with E-state index < -0.39 is 5.97 Å². The molecule has 0 spiro atoms. The predicted octanol–water partition coefficient (Wildman–Crippen LogP) is 2.07. The van der Waals surface area contributed by atoms with Crippen LogP contribution >= 0.6 is 12.6 Å². The molecule has 0 unspecified atom stereocenters. The van der Waals surface area contributed by atoms with Crippen molar-refractivity contribution in [3.8, 4) is 5.75 Å². The summed E-state index contributed by atoms with van der Waals surface area (Å²) in [4.78, 5) is 11.2. The van der Waals surface area contributed by atoms with Gasteiger partial charge in [-0.1, -0.05) is 0 Å². The molecule has 0 amide bonds. The van der Waals surface area contributed by atoms with Crippen molar-refractivity contribution in [3.63, 3.8) is 0 Å². The zero-order valence-electron chi connectivity index (χ0n) is 7.15. The number of rotatable bonds is 3. The number of carboxylic acid groups (broad SMARTS) is 1. The second-order valence-electron chi connectivity index (χ2n) is 2.42. The molecule has 13 heavy (non-hydrogen) atoms. The van der Waals surface area contributed by atoms with Crippen molar-refractivity contribution in [2.75, 3.05) is 6.61 Å². The van der Waals surface area contributed by atoms with E-state index in [9.17, 15) is 4.79 Å². The Labute approximate surface area is 81.8 Å². The molecule has 0 aliphatic heterocycles. The smallest absolute Gasteiger partial charge is 0.335 e. The van der Waals surface area contributed by atoms with Crippen LogP contribution in [0.2, 0.25) is 0 Å². The van der Waals surface area contributed by atoms with Gasteiger partial charge in [0.25, 0.3) is 0 Å². The van der Waals surface area contributed by atoms with E-state index in [0.29, 0.717) is 17.3 Å². The lowest BCUT2D eigenvalue weighted by atomic mass is 10.2. The number of benzene rings is 1. The van der Waals surface area contributed by atoms with Gasteiger partial charge in [-0.2, -0.15) is 0 Å². The van der Waals surface area contributed by atoms with Crippen molar-refractivity contribution in [1.29, 1.82) is 0 Å². The normalized spacial score (nSPS) is 9.69. The summed E-state index contributed by atoms with van der Waals surface area (Å²) in [5, 5.41) is 8.69. The summed E-state index contributed by atoms with van der Waals surface area (Å²) in [6.45, 7) is 2.33. The van der Waals surface area contributed by atoms with E-state index in [4.69, 9.17) is 9.84 Å². The van der Waals surface area contributed by atoms with Gasteiger partial charge in [-0.05, 0) is 25.1 Å². The molecule has 0 aromatic heterocycles. The molecule has 4 heteroatoms. The maximum Gasteiger partial charge on any atom is 0.335 e. The summed E-state index contributed by atoms with van der Waals surface area (Å²) >= 11 is 4.13. The van der Waals surface area contributed by atoms with Crippen LogP contribution in [0.25, 0.3) is 0 Å². The number of ether oxygens (including phenoxy) is 1. The molecule has 0 atom stereocenters. The molecule has 0 saturated heterocycles. The van der Waals surface area contributed by atoms with Gasteiger partial charge >= 0.3 is 5.97 Å². The molecule has 0 aliphatic rings. The molecule has 0 heterocycles. The molecule has 1 N–H and O–H groups in total. The van der Waals surface area contributed by atoms with Gasteiger partial charge in [-0.3, -0.25) is 0 Å². The fraction of sp³-hybridized carbons (Fsp3) is 0.222. The Morgan fingerprint density at radius 2 is 2.31 bits per heavy atom.